The van der Waals surface area contributed by atoms with Crippen LogP contribution in [-0.2, 0) is 0 Å². The number of ether oxygens (including phenoxy) is 1. The van der Waals surface area contributed by atoms with Gasteiger partial charge in [0.05, 0.1) is 24.8 Å². The number of amides is 1. The zero-order valence-electron chi connectivity index (χ0n) is 12.7. The molecule has 23 heavy (non-hydrogen) atoms. The van der Waals surface area contributed by atoms with Gasteiger partial charge in [-0.2, -0.15) is 11.3 Å². The van der Waals surface area contributed by atoms with Crippen LogP contribution in [0.2, 0.25) is 0 Å². The standard InChI is InChI=1S/C17H18FNO3S/c1-22-15-3-2-10(8-14(15)18)16(12-6-13(20)7-12)19-17(21)11-4-5-23-9-11/h2-5,8-9,12-13,16,20H,6-7H2,1H3,(H,19,21)/t12?,13?,16-/m0/s1. The van der Waals surface area contributed by atoms with Gasteiger partial charge >= 0.3 is 0 Å². The fourth-order valence-electron chi connectivity index (χ4n) is 2.87. The van der Waals surface area contributed by atoms with Crippen LogP contribution in [0.15, 0.2) is 35.0 Å². The lowest BCUT2D eigenvalue weighted by atomic mass is 9.75. The van der Waals surface area contributed by atoms with Gasteiger partial charge in [0.1, 0.15) is 0 Å². The van der Waals surface area contributed by atoms with E-state index in [0.29, 0.717) is 24.0 Å². The topological polar surface area (TPSA) is 58.6 Å². The molecule has 1 amide bonds. The molecule has 1 atom stereocenters. The van der Waals surface area contributed by atoms with Gasteiger partial charge in [0.2, 0.25) is 0 Å². The van der Waals surface area contributed by atoms with Crippen molar-refractivity contribution in [2.24, 2.45) is 5.92 Å². The first-order valence-electron chi connectivity index (χ1n) is 7.43. The predicted molar refractivity (Wildman–Crippen MR) is 86.2 cm³/mol. The minimum atomic E-state index is -0.459. The molecule has 2 N–H and O–H groups in total. The number of nitrogens with one attached hydrogen (secondary N) is 1. The summed E-state index contributed by atoms with van der Waals surface area (Å²) in [5.41, 5.74) is 1.28. The zero-order chi connectivity index (χ0) is 16.4. The molecule has 1 saturated carbocycles. The highest BCUT2D eigenvalue weighted by Gasteiger charge is 2.36. The van der Waals surface area contributed by atoms with Crippen molar-refractivity contribution in [1.29, 1.82) is 0 Å². The van der Waals surface area contributed by atoms with Crippen LogP contribution in [0.25, 0.3) is 0 Å². The van der Waals surface area contributed by atoms with E-state index in [1.807, 2.05) is 5.38 Å². The molecule has 0 unspecified atom stereocenters. The minimum absolute atomic E-state index is 0.0976. The average molecular weight is 335 g/mol. The van der Waals surface area contributed by atoms with Crippen LogP contribution in [0.3, 0.4) is 0 Å². The van der Waals surface area contributed by atoms with E-state index in [4.69, 9.17) is 4.74 Å². The van der Waals surface area contributed by atoms with Gasteiger partial charge < -0.3 is 15.2 Å². The molecule has 1 aliphatic carbocycles. The van der Waals surface area contributed by atoms with E-state index in [2.05, 4.69) is 5.32 Å². The molecule has 3 rings (SSSR count). The summed E-state index contributed by atoms with van der Waals surface area (Å²) in [6.07, 6.45) is 0.855. The number of hydrogen-bond donors (Lipinski definition) is 2. The molecule has 1 aromatic carbocycles. The number of halogens is 1. The van der Waals surface area contributed by atoms with E-state index in [0.717, 1.165) is 0 Å². The maximum Gasteiger partial charge on any atom is 0.252 e. The van der Waals surface area contributed by atoms with E-state index < -0.39 is 5.82 Å². The van der Waals surface area contributed by atoms with Gasteiger partial charge in [-0.25, -0.2) is 4.39 Å². The van der Waals surface area contributed by atoms with Crippen LogP contribution in [0, 0.1) is 11.7 Å². The first-order valence-corrected chi connectivity index (χ1v) is 8.37. The first kappa shape index (κ1) is 16.0. The molecule has 0 aliphatic heterocycles. The van der Waals surface area contributed by atoms with E-state index in [9.17, 15) is 14.3 Å². The molecule has 6 heteroatoms. The summed E-state index contributed by atoms with van der Waals surface area (Å²) in [5, 5.41) is 16.1. The number of thiophene rings is 1. The van der Waals surface area contributed by atoms with Crippen molar-refractivity contribution in [2.45, 2.75) is 25.0 Å². The number of aliphatic hydroxyl groups is 1. The number of rotatable bonds is 5. The molecule has 1 heterocycles. The Morgan fingerprint density at radius 3 is 2.78 bits per heavy atom. The van der Waals surface area contributed by atoms with E-state index in [-0.39, 0.29) is 29.7 Å². The van der Waals surface area contributed by atoms with Crippen LogP contribution in [0.4, 0.5) is 4.39 Å². The number of hydrogen-bond acceptors (Lipinski definition) is 4. The zero-order valence-corrected chi connectivity index (χ0v) is 13.5. The van der Waals surface area contributed by atoms with E-state index >= 15 is 0 Å². The van der Waals surface area contributed by atoms with Gasteiger partial charge in [-0.3, -0.25) is 4.79 Å². The third-order valence-electron chi connectivity index (χ3n) is 4.23. The van der Waals surface area contributed by atoms with Crippen molar-refractivity contribution in [2.75, 3.05) is 7.11 Å². The summed E-state index contributed by atoms with van der Waals surface area (Å²) in [4.78, 5) is 12.3. The molecule has 0 saturated heterocycles. The van der Waals surface area contributed by atoms with Gasteiger partial charge in [-0.05, 0) is 47.9 Å². The van der Waals surface area contributed by atoms with Crippen molar-refractivity contribution in [3.05, 3.63) is 52.0 Å². The van der Waals surface area contributed by atoms with Gasteiger partial charge in [0, 0.05) is 5.38 Å². The number of carbonyl (C=O) groups is 1. The van der Waals surface area contributed by atoms with Crippen LogP contribution >= 0.6 is 11.3 Å². The monoisotopic (exact) mass is 335 g/mol. The number of benzene rings is 1. The Labute approximate surface area is 137 Å². The molecular weight excluding hydrogens is 317 g/mol. The second-order valence-electron chi connectivity index (χ2n) is 5.74. The Balaban J connectivity index is 1.83. The fourth-order valence-corrected chi connectivity index (χ4v) is 3.51. The third-order valence-corrected chi connectivity index (χ3v) is 4.91. The lowest BCUT2D eigenvalue weighted by molar-refractivity contribution is 0.0235. The Kier molecular flexibility index (Phi) is 4.63. The smallest absolute Gasteiger partial charge is 0.252 e. The predicted octanol–water partition coefficient (Wildman–Crippen LogP) is 3.14. The fraction of sp³-hybridized carbons (Fsp3) is 0.353. The molecule has 0 spiro atoms. The molecule has 0 radical (unpaired) electrons. The highest BCUT2D eigenvalue weighted by molar-refractivity contribution is 7.08. The summed E-state index contributed by atoms with van der Waals surface area (Å²) < 4.78 is 18.9. The average Bonchev–Trinajstić information content (AvgIpc) is 3.04. The summed E-state index contributed by atoms with van der Waals surface area (Å²) in [7, 11) is 1.41. The largest absolute Gasteiger partial charge is 0.494 e. The Hall–Kier alpha value is -1.92. The van der Waals surface area contributed by atoms with Crippen LogP contribution in [0.5, 0.6) is 5.75 Å². The van der Waals surface area contributed by atoms with Crippen LogP contribution < -0.4 is 10.1 Å². The highest BCUT2D eigenvalue weighted by Crippen LogP contribution is 2.39. The van der Waals surface area contributed by atoms with E-state index in [1.54, 1.807) is 23.6 Å². The molecule has 4 nitrogen and oxygen atoms in total. The molecular formula is C17H18FNO3S. The Morgan fingerprint density at radius 1 is 1.43 bits per heavy atom. The molecule has 122 valence electrons. The van der Waals surface area contributed by atoms with Crippen LogP contribution in [-0.4, -0.2) is 24.2 Å². The Morgan fingerprint density at radius 2 is 2.22 bits per heavy atom. The van der Waals surface area contributed by atoms with Crippen molar-refractivity contribution in [1.82, 2.24) is 5.32 Å². The maximum absolute atomic E-state index is 14.0. The van der Waals surface area contributed by atoms with E-state index in [1.165, 1.54) is 24.5 Å². The highest BCUT2D eigenvalue weighted by atomic mass is 32.1. The summed E-state index contributed by atoms with van der Waals surface area (Å²) >= 11 is 1.45. The summed E-state index contributed by atoms with van der Waals surface area (Å²) in [5.74, 6) is -0.376. The number of methoxy groups -OCH3 is 1. The number of aliphatic hydroxyl groups excluding tert-OH is 1. The number of carbonyl (C=O) groups excluding carboxylic acids is 1. The lowest BCUT2D eigenvalue weighted by Crippen LogP contribution is -2.41. The van der Waals surface area contributed by atoms with Crippen molar-refractivity contribution in [3.63, 3.8) is 0 Å². The second-order valence-corrected chi connectivity index (χ2v) is 6.52. The van der Waals surface area contributed by atoms with Gasteiger partial charge in [0.25, 0.3) is 5.91 Å². The second kappa shape index (κ2) is 6.68. The molecule has 1 fully saturated rings. The van der Waals surface area contributed by atoms with Gasteiger partial charge in [-0.15, -0.1) is 0 Å². The lowest BCUT2D eigenvalue weighted by Gasteiger charge is -2.38. The molecule has 2 aromatic rings. The summed E-state index contributed by atoms with van der Waals surface area (Å²) in [6.45, 7) is 0. The molecule has 1 aromatic heterocycles. The van der Waals surface area contributed by atoms with Gasteiger partial charge in [0.15, 0.2) is 11.6 Å². The molecule has 0 bridgehead atoms. The minimum Gasteiger partial charge on any atom is -0.494 e. The quantitative estimate of drug-likeness (QED) is 0.882. The summed E-state index contributed by atoms with van der Waals surface area (Å²) in [6, 6.07) is 6.13. The maximum atomic E-state index is 14.0. The van der Waals surface area contributed by atoms with Crippen molar-refractivity contribution in [3.8, 4) is 5.75 Å². The SMILES string of the molecule is COc1ccc([C@H](NC(=O)c2ccsc2)C2CC(O)C2)cc1F. The van der Waals surface area contributed by atoms with Crippen molar-refractivity contribution >= 4 is 17.2 Å². The molecule has 1 aliphatic rings. The van der Waals surface area contributed by atoms with Gasteiger partial charge in [-0.1, -0.05) is 6.07 Å². The third kappa shape index (κ3) is 3.38. The first-order chi connectivity index (χ1) is 11.1. The Bertz CT molecular complexity index is 683. The van der Waals surface area contributed by atoms with Crippen molar-refractivity contribution < 1.29 is 19.0 Å². The van der Waals surface area contributed by atoms with Crippen LogP contribution in [0.1, 0.15) is 34.8 Å². The normalized spacial score (nSPS) is 21.3.